The fourth-order valence-corrected chi connectivity index (χ4v) is 2.51. The number of ketones is 1. The largest absolute Gasteiger partial charge is 0.377 e. The first kappa shape index (κ1) is 12.7. The Hall–Kier alpha value is -0.410. The third-order valence-corrected chi connectivity index (χ3v) is 3.16. The van der Waals surface area contributed by atoms with Gasteiger partial charge in [0.05, 0.1) is 0 Å². The van der Waals surface area contributed by atoms with Gasteiger partial charge in [-0.25, -0.2) is 0 Å². The van der Waals surface area contributed by atoms with Gasteiger partial charge in [-0.2, -0.15) is 0 Å². The number of carbonyl (C=O) groups excluding carboxylic acids is 1. The maximum atomic E-state index is 12.0. The molecule has 1 saturated carbocycles. The molecule has 1 aliphatic rings. The zero-order valence-corrected chi connectivity index (χ0v) is 10.0. The van der Waals surface area contributed by atoms with E-state index in [1.165, 1.54) is 6.42 Å². The van der Waals surface area contributed by atoms with Gasteiger partial charge in [-0.1, -0.05) is 13.3 Å². The Balaban J connectivity index is 2.72. The average Bonchev–Trinajstić information content (AvgIpc) is 2.18. The summed E-state index contributed by atoms with van der Waals surface area (Å²) in [7, 11) is 1.56. The molecule has 1 fully saturated rings. The van der Waals surface area contributed by atoms with E-state index in [1.807, 2.05) is 6.92 Å². The van der Waals surface area contributed by atoms with Crippen LogP contribution in [0.4, 0.5) is 0 Å². The lowest BCUT2D eigenvalue weighted by Gasteiger charge is -2.38. The van der Waals surface area contributed by atoms with Crippen molar-refractivity contribution in [3.05, 3.63) is 0 Å². The molecule has 88 valence electrons. The monoisotopic (exact) mass is 214 g/mol. The molecule has 0 heterocycles. The summed E-state index contributed by atoms with van der Waals surface area (Å²) in [5.74, 6) is 0.685. The fourth-order valence-electron chi connectivity index (χ4n) is 2.51. The normalized spacial score (nSPS) is 31.5. The van der Waals surface area contributed by atoms with Crippen molar-refractivity contribution < 1.29 is 14.3 Å². The maximum absolute atomic E-state index is 12.0. The lowest BCUT2D eigenvalue weighted by molar-refractivity contribution is -0.155. The van der Waals surface area contributed by atoms with Crippen LogP contribution in [-0.2, 0) is 14.3 Å². The summed E-state index contributed by atoms with van der Waals surface area (Å²) in [5, 5.41) is 0. The minimum atomic E-state index is -0.553. The van der Waals surface area contributed by atoms with Crippen molar-refractivity contribution in [1.82, 2.24) is 0 Å². The summed E-state index contributed by atoms with van der Waals surface area (Å²) in [6.45, 7) is 4.91. The average molecular weight is 214 g/mol. The number of hydrogen-bond donors (Lipinski definition) is 0. The first-order valence-electron chi connectivity index (χ1n) is 5.81. The molecule has 1 rings (SSSR count). The highest BCUT2D eigenvalue weighted by Gasteiger charge is 2.41. The number of carbonyl (C=O) groups is 1. The van der Waals surface area contributed by atoms with Crippen LogP contribution in [-0.4, -0.2) is 31.7 Å². The Labute approximate surface area is 92.1 Å². The number of methoxy groups -OCH3 is 1. The van der Waals surface area contributed by atoms with E-state index in [0.717, 1.165) is 19.3 Å². The molecule has 0 aliphatic heterocycles. The fraction of sp³-hybridized carbons (Fsp3) is 0.917. The second kappa shape index (κ2) is 5.61. The lowest BCUT2D eigenvalue weighted by atomic mass is 9.76. The molecule has 0 bridgehead atoms. The van der Waals surface area contributed by atoms with E-state index in [1.54, 1.807) is 7.11 Å². The zero-order valence-electron chi connectivity index (χ0n) is 10.0. The van der Waals surface area contributed by atoms with Gasteiger partial charge in [0, 0.05) is 13.7 Å². The molecular formula is C12H22O3. The van der Waals surface area contributed by atoms with Crippen LogP contribution >= 0.6 is 0 Å². The van der Waals surface area contributed by atoms with Crippen LogP contribution in [0.2, 0.25) is 0 Å². The molecule has 3 heteroatoms. The van der Waals surface area contributed by atoms with Crippen LogP contribution in [0.5, 0.6) is 0 Å². The molecule has 0 aromatic rings. The van der Waals surface area contributed by atoms with Gasteiger partial charge in [0.1, 0.15) is 12.2 Å². The predicted octanol–water partition coefficient (Wildman–Crippen LogP) is 2.19. The van der Waals surface area contributed by atoms with Gasteiger partial charge in [-0.3, -0.25) is 4.79 Å². The standard InChI is InChI=1S/C12H22O3/c1-4-15-12(11(13)9-14-3)7-5-6-10(2)8-12/h10H,4-9H2,1-3H3. The van der Waals surface area contributed by atoms with Crippen molar-refractivity contribution in [2.24, 2.45) is 5.92 Å². The summed E-state index contributed by atoms with van der Waals surface area (Å²) in [4.78, 5) is 12.0. The van der Waals surface area contributed by atoms with E-state index in [4.69, 9.17) is 9.47 Å². The lowest BCUT2D eigenvalue weighted by Crippen LogP contribution is -2.47. The first-order valence-corrected chi connectivity index (χ1v) is 5.81. The summed E-state index contributed by atoms with van der Waals surface area (Å²) < 4.78 is 10.7. The third-order valence-electron chi connectivity index (χ3n) is 3.16. The topological polar surface area (TPSA) is 35.5 Å². The highest BCUT2D eigenvalue weighted by Crippen LogP contribution is 2.35. The van der Waals surface area contributed by atoms with Crippen molar-refractivity contribution in [3.63, 3.8) is 0 Å². The second-order valence-electron chi connectivity index (χ2n) is 4.49. The summed E-state index contributed by atoms with van der Waals surface area (Å²) in [5.41, 5.74) is -0.553. The Morgan fingerprint density at radius 3 is 2.80 bits per heavy atom. The molecule has 2 unspecified atom stereocenters. The molecular weight excluding hydrogens is 192 g/mol. The number of hydrogen-bond acceptors (Lipinski definition) is 3. The summed E-state index contributed by atoms with van der Waals surface area (Å²) in [6.07, 6.45) is 3.99. The summed E-state index contributed by atoms with van der Waals surface area (Å²) >= 11 is 0. The Bertz CT molecular complexity index is 211. The van der Waals surface area contributed by atoms with Gasteiger partial charge < -0.3 is 9.47 Å². The van der Waals surface area contributed by atoms with Gasteiger partial charge in [0.2, 0.25) is 0 Å². The highest BCUT2D eigenvalue weighted by molar-refractivity contribution is 5.88. The highest BCUT2D eigenvalue weighted by atomic mass is 16.5. The van der Waals surface area contributed by atoms with Crippen LogP contribution < -0.4 is 0 Å². The summed E-state index contributed by atoms with van der Waals surface area (Å²) in [6, 6.07) is 0. The van der Waals surface area contributed by atoms with Crippen LogP contribution in [0.1, 0.15) is 39.5 Å². The quantitative estimate of drug-likeness (QED) is 0.703. The number of Topliss-reactive ketones (excluding diaryl/α,β-unsaturated/α-hetero) is 1. The van der Waals surface area contributed by atoms with Crippen LogP contribution in [0.3, 0.4) is 0 Å². The first-order chi connectivity index (χ1) is 7.14. The van der Waals surface area contributed by atoms with E-state index >= 15 is 0 Å². The SMILES string of the molecule is CCOC1(C(=O)COC)CCCC(C)C1. The Morgan fingerprint density at radius 1 is 1.53 bits per heavy atom. The van der Waals surface area contributed by atoms with Crippen molar-refractivity contribution in [2.45, 2.75) is 45.1 Å². The molecule has 0 aromatic carbocycles. The van der Waals surface area contributed by atoms with Crippen molar-refractivity contribution in [3.8, 4) is 0 Å². The third kappa shape index (κ3) is 3.02. The Morgan fingerprint density at radius 2 is 2.27 bits per heavy atom. The predicted molar refractivity (Wildman–Crippen MR) is 58.9 cm³/mol. The molecule has 0 saturated heterocycles. The van der Waals surface area contributed by atoms with Gasteiger partial charge in [0.25, 0.3) is 0 Å². The van der Waals surface area contributed by atoms with Crippen molar-refractivity contribution in [2.75, 3.05) is 20.3 Å². The van der Waals surface area contributed by atoms with E-state index in [-0.39, 0.29) is 12.4 Å². The number of rotatable bonds is 5. The van der Waals surface area contributed by atoms with Gasteiger partial charge in [-0.15, -0.1) is 0 Å². The molecule has 0 aromatic heterocycles. The van der Waals surface area contributed by atoms with E-state index < -0.39 is 5.60 Å². The smallest absolute Gasteiger partial charge is 0.190 e. The zero-order chi connectivity index (χ0) is 11.3. The van der Waals surface area contributed by atoms with E-state index in [9.17, 15) is 4.79 Å². The molecule has 2 atom stereocenters. The molecule has 0 amide bonds. The van der Waals surface area contributed by atoms with Gasteiger partial charge >= 0.3 is 0 Å². The van der Waals surface area contributed by atoms with Gasteiger partial charge in [0.15, 0.2) is 5.78 Å². The van der Waals surface area contributed by atoms with E-state index in [2.05, 4.69) is 6.92 Å². The van der Waals surface area contributed by atoms with Crippen LogP contribution in [0.15, 0.2) is 0 Å². The second-order valence-corrected chi connectivity index (χ2v) is 4.49. The van der Waals surface area contributed by atoms with Crippen LogP contribution in [0.25, 0.3) is 0 Å². The molecule has 1 aliphatic carbocycles. The maximum Gasteiger partial charge on any atom is 0.190 e. The van der Waals surface area contributed by atoms with Gasteiger partial charge in [-0.05, 0) is 32.1 Å². The molecule has 3 nitrogen and oxygen atoms in total. The minimum absolute atomic E-state index is 0.110. The molecule has 15 heavy (non-hydrogen) atoms. The molecule has 0 radical (unpaired) electrons. The van der Waals surface area contributed by atoms with E-state index in [0.29, 0.717) is 12.5 Å². The number of ether oxygens (including phenoxy) is 2. The minimum Gasteiger partial charge on any atom is -0.377 e. The molecule has 0 N–H and O–H groups in total. The molecule has 0 spiro atoms. The van der Waals surface area contributed by atoms with Crippen LogP contribution in [0, 0.1) is 5.92 Å². The van der Waals surface area contributed by atoms with Crippen molar-refractivity contribution >= 4 is 5.78 Å². The van der Waals surface area contributed by atoms with Crippen molar-refractivity contribution in [1.29, 1.82) is 0 Å². The Kier molecular flexibility index (Phi) is 4.74.